The summed E-state index contributed by atoms with van der Waals surface area (Å²) in [7, 11) is -3.48. The van der Waals surface area contributed by atoms with E-state index in [1.807, 2.05) is 6.92 Å². The van der Waals surface area contributed by atoms with E-state index >= 15 is 0 Å². The Morgan fingerprint density at radius 2 is 1.88 bits per heavy atom. The van der Waals surface area contributed by atoms with Crippen LogP contribution in [0.1, 0.15) is 5.56 Å². The zero-order chi connectivity index (χ0) is 11.8. The Labute approximate surface area is 93.8 Å². The van der Waals surface area contributed by atoms with Crippen molar-refractivity contribution < 1.29 is 13.2 Å². The molecule has 2 N–H and O–H groups in total. The van der Waals surface area contributed by atoms with Gasteiger partial charge in [0.1, 0.15) is 0 Å². The lowest BCUT2D eigenvalue weighted by atomic mass is 10.2. The van der Waals surface area contributed by atoms with E-state index in [0.29, 0.717) is 0 Å². The summed E-state index contributed by atoms with van der Waals surface area (Å²) in [5.74, 6) is 0. The molecule has 86 valence electrons. The molecule has 0 spiro atoms. The van der Waals surface area contributed by atoms with Gasteiger partial charge in [0.2, 0.25) is 9.84 Å². The molecule has 0 saturated carbocycles. The largest absolute Gasteiger partial charge is 0.335 e. The number of aryl methyl sites for hydroxylation is 1. The van der Waals surface area contributed by atoms with Crippen molar-refractivity contribution >= 4 is 15.9 Å². The van der Waals surface area contributed by atoms with Gasteiger partial charge in [-0.2, -0.15) is 0 Å². The van der Waals surface area contributed by atoms with Crippen LogP contribution in [-0.4, -0.2) is 26.4 Å². The Morgan fingerprint density at radius 3 is 2.38 bits per heavy atom. The van der Waals surface area contributed by atoms with E-state index in [0.717, 1.165) is 5.56 Å². The van der Waals surface area contributed by atoms with Crippen molar-refractivity contribution in [1.82, 2.24) is 10.6 Å². The standard InChI is InChI=1S/C10H12N2O3S/c1-7-2-4-8(5-3-7)16(14,15)9-6-11-10(13)12-9/h2-5,9H,6H2,1H3,(H2,11,12,13). The molecule has 2 amide bonds. The average molecular weight is 240 g/mol. The van der Waals surface area contributed by atoms with E-state index in [1.165, 1.54) is 0 Å². The number of rotatable bonds is 2. The maximum atomic E-state index is 12.0. The van der Waals surface area contributed by atoms with Gasteiger partial charge in [-0.1, -0.05) is 17.7 Å². The Balaban J connectivity index is 2.32. The van der Waals surface area contributed by atoms with Gasteiger partial charge in [0.05, 0.1) is 11.4 Å². The highest BCUT2D eigenvalue weighted by atomic mass is 32.2. The minimum atomic E-state index is -3.48. The van der Waals surface area contributed by atoms with Crippen LogP contribution < -0.4 is 10.6 Å². The van der Waals surface area contributed by atoms with Crippen molar-refractivity contribution in [3.63, 3.8) is 0 Å². The molecular weight excluding hydrogens is 228 g/mol. The van der Waals surface area contributed by atoms with E-state index in [1.54, 1.807) is 24.3 Å². The molecule has 16 heavy (non-hydrogen) atoms. The molecule has 0 aliphatic carbocycles. The monoisotopic (exact) mass is 240 g/mol. The summed E-state index contributed by atoms with van der Waals surface area (Å²) in [6, 6.07) is 6.12. The number of carbonyl (C=O) groups is 1. The zero-order valence-corrected chi connectivity index (χ0v) is 9.54. The number of benzene rings is 1. The fourth-order valence-electron chi connectivity index (χ4n) is 1.51. The normalized spacial score (nSPS) is 20.3. The molecule has 1 unspecified atom stereocenters. The third-order valence-corrected chi connectivity index (χ3v) is 4.43. The van der Waals surface area contributed by atoms with E-state index in [9.17, 15) is 13.2 Å². The second-order valence-electron chi connectivity index (χ2n) is 3.70. The first kappa shape index (κ1) is 10.9. The van der Waals surface area contributed by atoms with Gasteiger partial charge in [0.15, 0.2) is 5.37 Å². The zero-order valence-electron chi connectivity index (χ0n) is 8.73. The lowest BCUT2D eigenvalue weighted by molar-refractivity contribution is 0.248. The van der Waals surface area contributed by atoms with Crippen molar-refractivity contribution in [2.75, 3.05) is 6.54 Å². The van der Waals surface area contributed by atoms with E-state index in [2.05, 4.69) is 10.6 Å². The van der Waals surface area contributed by atoms with Crippen LogP contribution >= 0.6 is 0 Å². The fourth-order valence-corrected chi connectivity index (χ4v) is 2.92. The van der Waals surface area contributed by atoms with E-state index in [-0.39, 0.29) is 11.4 Å². The molecule has 1 aromatic rings. The molecular formula is C10H12N2O3S. The summed E-state index contributed by atoms with van der Waals surface area (Å²) in [6.45, 7) is 1.99. The number of hydrogen-bond acceptors (Lipinski definition) is 3. The molecule has 1 aliphatic heterocycles. The predicted molar refractivity (Wildman–Crippen MR) is 58.7 cm³/mol. The van der Waals surface area contributed by atoms with Gasteiger partial charge in [0.25, 0.3) is 0 Å². The molecule has 6 heteroatoms. The molecule has 0 aromatic heterocycles. The van der Waals surface area contributed by atoms with Crippen LogP contribution in [0, 0.1) is 6.92 Å². The minimum absolute atomic E-state index is 0.106. The number of sulfone groups is 1. The first-order valence-corrected chi connectivity index (χ1v) is 6.40. The van der Waals surface area contributed by atoms with Gasteiger partial charge < -0.3 is 10.6 Å². The van der Waals surface area contributed by atoms with Gasteiger partial charge in [-0.15, -0.1) is 0 Å². The SMILES string of the molecule is Cc1ccc(S(=O)(=O)C2CNC(=O)N2)cc1. The molecule has 0 bridgehead atoms. The lowest BCUT2D eigenvalue weighted by Gasteiger charge is -2.10. The Morgan fingerprint density at radius 1 is 1.25 bits per heavy atom. The van der Waals surface area contributed by atoms with Gasteiger partial charge in [0, 0.05) is 0 Å². The molecule has 1 aliphatic rings. The molecule has 0 radical (unpaired) electrons. The molecule has 1 heterocycles. The molecule has 2 rings (SSSR count). The third kappa shape index (κ3) is 1.88. The summed E-state index contributed by atoms with van der Waals surface area (Å²) < 4.78 is 24.1. The van der Waals surface area contributed by atoms with Crippen LogP contribution in [0.5, 0.6) is 0 Å². The highest BCUT2D eigenvalue weighted by Gasteiger charge is 2.33. The topological polar surface area (TPSA) is 75.3 Å². The highest BCUT2D eigenvalue weighted by Crippen LogP contribution is 2.16. The summed E-state index contributed by atoms with van der Waals surface area (Å²) in [5, 5.41) is 3.92. The molecule has 1 saturated heterocycles. The van der Waals surface area contributed by atoms with Crippen molar-refractivity contribution in [3.8, 4) is 0 Å². The van der Waals surface area contributed by atoms with Crippen LogP contribution in [0.25, 0.3) is 0 Å². The summed E-state index contributed by atoms with van der Waals surface area (Å²) in [5.41, 5.74) is 0.993. The average Bonchev–Trinajstić information content (AvgIpc) is 2.66. The van der Waals surface area contributed by atoms with Gasteiger partial charge in [-0.3, -0.25) is 0 Å². The van der Waals surface area contributed by atoms with Gasteiger partial charge in [-0.05, 0) is 19.1 Å². The summed E-state index contributed by atoms with van der Waals surface area (Å²) in [6.07, 6.45) is 0. The minimum Gasteiger partial charge on any atom is -0.335 e. The van der Waals surface area contributed by atoms with Crippen molar-refractivity contribution in [2.24, 2.45) is 0 Å². The van der Waals surface area contributed by atoms with Crippen molar-refractivity contribution in [3.05, 3.63) is 29.8 Å². The highest BCUT2D eigenvalue weighted by molar-refractivity contribution is 7.92. The number of urea groups is 1. The number of nitrogens with one attached hydrogen (secondary N) is 2. The number of hydrogen-bond donors (Lipinski definition) is 2. The van der Waals surface area contributed by atoms with Gasteiger partial charge >= 0.3 is 6.03 Å². The van der Waals surface area contributed by atoms with Crippen LogP contribution in [0.3, 0.4) is 0 Å². The van der Waals surface area contributed by atoms with Crippen LogP contribution in [0.4, 0.5) is 4.79 Å². The van der Waals surface area contributed by atoms with Crippen LogP contribution in [0.15, 0.2) is 29.2 Å². The molecule has 1 atom stereocenters. The van der Waals surface area contributed by atoms with Crippen molar-refractivity contribution in [1.29, 1.82) is 0 Å². The Bertz CT molecular complexity index is 507. The maximum Gasteiger partial charge on any atom is 0.315 e. The Kier molecular flexibility index (Phi) is 2.59. The van der Waals surface area contributed by atoms with E-state index < -0.39 is 21.2 Å². The quantitative estimate of drug-likeness (QED) is 0.786. The van der Waals surface area contributed by atoms with Gasteiger partial charge in [-0.25, -0.2) is 13.2 Å². The lowest BCUT2D eigenvalue weighted by Crippen LogP contribution is -2.34. The maximum absolute atomic E-state index is 12.0. The second-order valence-corrected chi connectivity index (χ2v) is 5.83. The summed E-state index contributed by atoms with van der Waals surface area (Å²) in [4.78, 5) is 11.1. The smallest absolute Gasteiger partial charge is 0.315 e. The molecule has 5 nitrogen and oxygen atoms in total. The summed E-state index contributed by atoms with van der Waals surface area (Å²) >= 11 is 0. The second kappa shape index (κ2) is 3.79. The number of carbonyl (C=O) groups excluding carboxylic acids is 1. The van der Waals surface area contributed by atoms with Crippen molar-refractivity contribution in [2.45, 2.75) is 17.2 Å². The fraction of sp³-hybridized carbons (Fsp3) is 0.300. The Hall–Kier alpha value is -1.56. The molecule has 1 aromatic carbocycles. The first-order chi connectivity index (χ1) is 7.50. The first-order valence-electron chi connectivity index (χ1n) is 4.85. The van der Waals surface area contributed by atoms with Crippen LogP contribution in [0.2, 0.25) is 0 Å². The van der Waals surface area contributed by atoms with E-state index in [4.69, 9.17) is 0 Å². The molecule has 1 fully saturated rings. The van der Waals surface area contributed by atoms with Crippen LogP contribution in [-0.2, 0) is 9.84 Å². The predicted octanol–water partition coefficient (Wildman–Crippen LogP) is 0.408. The number of amides is 2. The third-order valence-electron chi connectivity index (χ3n) is 2.46.